The fourth-order valence-electron chi connectivity index (χ4n) is 5.48. The Kier molecular flexibility index (Phi) is 7.79. The maximum atomic E-state index is 12.6. The zero-order valence-corrected chi connectivity index (χ0v) is 20.4. The molecule has 3 aliphatic heterocycles. The third-order valence-electron chi connectivity index (χ3n) is 7.29. The molecule has 1 aromatic heterocycles. The number of likely N-dealkylation sites (tertiary alicyclic amines) is 1. The van der Waals surface area contributed by atoms with Crippen LogP contribution in [-0.4, -0.2) is 77.9 Å². The normalized spacial score (nSPS) is 25.4. The maximum absolute atomic E-state index is 12.6. The van der Waals surface area contributed by atoms with E-state index in [2.05, 4.69) is 20.5 Å². The van der Waals surface area contributed by atoms with Crippen LogP contribution in [0.25, 0.3) is 0 Å². The molecule has 2 aromatic rings. The molecular weight excluding hydrogens is 460 g/mol. The van der Waals surface area contributed by atoms with Gasteiger partial charge in [-0.15, -0.1) is 0 Å². The fraction of sp³-hybridized carbons (Fsp3) is 0.519. The zero-order valence-electron chi connectivity index (χ0n) is 20.4. The van der Waals surface area contributed by atoms with Crippen LogP contribution in [0.1, 0.15) is 53.9 Å². The summed E-state index contributed by atoms with van der Waals surface area (Å²) in [5.74, 6) is 0.409. The van der Waals surface area contributed by atoms with Crippen molar-refractivity contribution in [3.8, 4) is 5.75 Å². The minimum absolute atomic E-state index is 0.0349. The first-order valence-electron chi connectivity index (χ1n) is 12.9. The molecule has 0 aliphatic carbocycles. The van der Waals surface area contributed by atoms with E-state index in [-0.39, 0.29) is 43.0 Å². The number of ether oxygens (including phenoxy) is 2. The van der Waals surface area contributed by atoms with Gasteiger partial charge in [-0.1, -0.05) is 6.42 Å². The van der Waals surface area contributed by atoms with Crippen LogP contribution in [-0.2, 0) is 9.53 Å². The number of anilines is 1. The third-order valence-corrected chi connectivity index (χ3v) is 7.29. The first-order chi connectivity index (χ1) is 17.6. The first-order valence-corrected chi connectivity index (χ1v) is 12.9. The number of hydrogen-bond acceptors (Lipinski definition) is 7. The highest BCUT2D eigenvalue weighted by Crippen LogP contribution is 2.47. The smallest absolute Gasteiger partial charge is 0.257 e. The van der Waals surface area contributed by atoms with Crippen molar-refractivity contribution in [2.45, 2.75) is 56.3 Å². The highest BCUT2D eigenvalue weighted by atomic mass is 16.6. The monoisotopic (exact) mass is 494 g/mol. The van der Waals surface area contributed by atoms with Crippen LogP contribution < -0.4 is 15.4 Å². The molecule has 0 unspecified atom stereocenters. The Bertz CT molecular complexity index is 1060. The Morgan fingerprint density at radius 2 is 2.03 bits per heavy atom. The number of amides is 2. The number of pyridine rings is 1. The summed E-state index contributed by atoms with van der Waals surface area (Å²) in [7, 11) is 0. The number of benzene rings is 1. The molecule has 0 spiro atoms. The number of fused-ring (bicyclic) bond motifs is 3. The molecular formula is C27H34N4O5. The van der Waals surface area contributed by atoms with Crippen molar-refractivity contribution in [1.29, 1.82) is 0 Å². The van der Waals surface area contributed by atoms with E-state index in [1.165, 1.54) is 25.5 Å². The molecule has 9 nitrogen and oxygen atoms in total. The van der Waals surface area contributed by atoms with Gasteiger partial charge in [-0.2, -0.15) is 0 Å². The van der Waals surface area contributed by atoms with E-state index in [1.807, 2.05) is 12.1 Å². The van der Waals surface area contributed by atoms with E-state index in [0.717, 1.165) is 30.9 Å². The number of aromatic nitrogens is 1. The van der Waals surface area contributed by atoms with Gasteiger partial charge in [-0.3, -0.25) is 14.6 Å². The molecule has 9 heteroatoms. The Morgan fingerprint density at radius 1 is 1.17 bits per heavy atom. The summed E-state index contributed by atoms with van der Waals surface area (Å²) in [5, 5.41) is 15.9. The highest BCUT2D eigenvalue weighted by molar-refractivity contribution is 6.04. The van der Waals surface area contributed by atoms with E-state index in [1.54, 1.807) is 24.4 Å². The van der Waals surface area contributed by atoms with Crippen LogP contribution >= 0.6 is 0 Å². The quantitative estimate of drug-likeness (QED) is 0.516. The lowest BCUT2D eigenvalue weighted by molar-refractivity contribution is -0.142. The topological polar surface area (TPSA) is 113 Å². The predicted octanol–water partition coefficient (Wildman–Crippen LogP) is 2.32. The highest BCUT2D eigenvalue weighted by Gasteiger charge is 2.46. The van der Waals surface area contributed by atoms with Gasteiger partial charge in [0.1, 0.15) is 18.0 Å². The van der Waals surface area contributed by atoms with E-state index in [9.17, 15) is 14.7 Å². The summed E-state index contributed by atoms with van der Waals surface area (Å²) in [5.41, 5.74) is 2.09. The average molecular weight is 495 g/mol. The summed E-state index contributed by atoms with van der Waals surface area (Å²) in [6.45, 7) is 3.52. The molecule has 5 rings (SSSR count). The van der Waals surface area contributed by atoms with Crippen LogP contribution in [0.2, 0.25) is 0 Å². The van der Waals surface area contributed by atoms with Crippen LogP contribution in [0.15, 0.2) is 42.7 Å². The second-order valence-electron chi connectivity index (χ2n) is 9.81. The van der Waals surface area contributed by atoms with Gasteiger partial charge in [0.2, 0.25) is 5.91 Å². The molecule has 0 bridgehead atoms. The number of nitrogens with one attached hydrogen (secondary N) is 2. The largest absolute Gasteiger partial charge is 0.487 e. The average Bonchev–Trinajstić information content (AvgIpc) is 3.27. The Hall–Kier alpha value is -3.01. The number of rotatable bonds is 8. The van der Waals surface area contributed by atoms with Crippen molar-refractivity contribution >= 4 is 17.5 Å². The lowest BCUT2D eigenvalue weighted by atomic mass is 9.84. The van der Waals surface area contributed by atoms with Gasteiger partial charge in [0.05, 0.1) is 24.7 Å². The van der Waals surface area contributed by atoms with Crippen molar-refractivity contribution in [3.05, 3.63) is 53.9 Å². The molecule has 0 radical (unpaired) electrons. The van der Waals surface area contributed by atoms with Gasteiger partial charge >= 0.3 is 0 Å². The number of carbonyl (C=O) groups excluding carboxylic acids is 2. The summed E-state index contributed by atoms with van der Waals surface area (Å²) in [4.78, 5) is 31.6. The molecule has 3 aliphatic rings. The van der Waals surface area contributed by atoms with E-state index < -0.39 is 6.10 Å². The summed E-state index contributed by atoms with van der Waals surface area (Å²) in [6, 6.07) is 8.98. The minimum Gasteiger partial charge on any atom is -0.487 e. The van der Waals surface area contributed by atoms with Crippen molar-refractivity contribution in [2.24, 2.45) is 0 Å². The molecule has 1 aromatic carbocycles. The third kappa shape index (κ3) is 5.69. The van der Waals surface area contributed by atoms with Crippen LogP contribution in [0.5, 0.6) is 5.75 Å². The fourth-order valence-corrected chi connectivity index (χ4v) is 5.48. The minimum atomic E-state index is -0.518. The molecule has 4 atom stereocenters. The molecule has 2 amide bonds. The van der Waals surface area contributed by atoms with Crippen molar-refractivity contribution in [1.82, 2.24) is 15.2 Å². The van der Waals surface area contributed by atoms with E-state index in [4.69, 9.17) is 9.47 Å². The predicted molar refractivity (Wildman–Crippen MR) is 134 cm³/mol. The maximum Gasteiger partial charge on any atom is 0.257 e. The molecule has 36 heavy (non-hydrogen) atoms. The van der Waals surface area contributed by atoms with Crippen molar-refractivity contribution in [3.63, 3.8) is 0 Å². The molecule has 4 heterocycles. The van der Waals surface area contributed by atoms with Crippen LogP contribution in [0.3, 0.4) is 0 Å². The molecule has 192 valence electrons. The number of aliphatic hydroxyl groups excluding tert-OH is 1. The summed E-state index contributed by atoms with van der Waals surface area (Å²) < 4.78 is 12.2. The second-order valence-corrected chi connectivity index (χ2v) is 9.81. The van der Waals surface area contributed by atoms with Gasteiger partial charge in [-0.25, -0.2) is 0 Å². The Labute approximate surface area is 211 Å². The molecule has 2 saturated heterocycles. The van der Waals surface area contributed by atoms with Gasteiger partial charge in [0, 0.05) is 42.7 Å². The van der Waals surface area contributed by atoms with Gasteiger partial charge in [0.15, 0.2) is 0 Å². The van der Waals surface area contributed by atoms with Gasteiger partial charge in [-0.05, 0) is 62.7 Å². The molecule has 2 fully saturated rings. The van der Waals surface area contributed by atoms with E-state index in [0.29, 0.717) is 24.2 Å². The van der Waals surface area contributed by atoms with Crippen molar-refractivity contribution in [2.75, 3.05) is 38.1 Å². The summed E-state index contributed by atoms with van der Waals surface area (Å²) in [6.07, 6.45) is 6.58. The van der Waals surface area contributed by atoms with Crippen molar-refractivity contribution < 1.29 is 24.2 Å². The Morgan fingerprint density at radius 3 is 2.81 bits per heavy atom. The van der Waals surface area contributed by atoms with Crippen LogP contribution in [0, 0.1) is 0 Å². The zero-order chi connectivity index (χ0) is 24.9. The SMILES string of the molecule is O=C(C[C@H]1C[C@H]2c3cc(NC(=O)c4cccnc4)ccc3O[C@H]2[C@@H](CO)O1)NCCN1CCCCC1. The van der Waals surface area contributed by atoms with E-state index >= 15 is 0 Å². The number of aliphatic hydroxyl groups is 1. The number of hydrogen-bond donors (Lipinski definition) is 3. The number of carbonyl (C=O) groups is 2. The lowest BCUT2D eigenvalue weighted by Gasteiger charge is -2.37. The Balaban J connectivity index is 1.20. The lowest BCUT2D eigenvalue weighted by Crippen LogP contribution is -2.47. The number of piperidine rings is 1. The molecule has 0 saturated carbocycles. The van der Waals surface area contributed by atoms with Gasteiger partial charge < -0.3 is 30.1 Å². The van der Waals surface area contributed by atoms with Gasteiger partial charge in [0.25, 0.3) is 5.91 Å². The standard InChI is InChI=1S/C27H34N4O5/c32-17-24-26-22(14-20(35-24)15-25(33)29-9-12-31-10-2-1-3-11-31)21-13-19(6-7-23(21)36-26)30-27(34)18-5-4-8-28-16-18/h4-8,13,16,20,22,24,26,32H,1-3,9-12,14-15,17H2,(H,29,33)(H,30,34)/t20-,22+,24-,26-/m1/s1. The van der Waals surface area contributed by atoms with Crippen LogP contribution in [0.4, 0.5) is 5.69 Å². The second kappa shape index (κ2) is 11.4. The first kappa shape index (κ1) is 24.7. The number of nitrogens with zero attached hydrogens (tertiary/aromatic N) is 2. The summed E-state index contributed by atoms with van der Waals surface area (Å²) >= 11 is 0. The molecule has 3 N–H and O–H groups in total.